The summed E-state index contributed by atoms with van der Waals surface area (Å²) in [5, 5.41) is 5.30. The average molecular weight is 204 g/mol. The van der Waals surface area contributed by atoms with Crippen LogP contribution in [0.5, 0.6) is 0 Å². The molecule has 2 aromatic rings. The van der Waals surface area contributed by atoms with E-state index >= 15 is 0 Å². The van der Waals surface area contributed by atoms with Gasteiger partial charge in [-0.3, -0.25) is 9.48 Å². The van der Waals surface area contributed by atoms with Crippen molar-refractivity contribution in [3.63, 3.8) is 0 Å². The highest BCUT2D eigenvalue weighted by Crippen LogP contribution is 2.12. The van der Waals surface area contributed by atoms with Gasteiger partial charge in [-0.2, -0.15) is 5.10 Å². The van der Waals surface area contributed by atoms with Gasteiger partial charge in [-0.05, 0) is 6.07 Å². The van der Waals surface area contributed by atoms with E-state index in [1.54, 1.807) is 6.20 Å². The fourth-order valence-electron chi connectivity index (χ4n) is 1.50. The number of fused-ring (bicyclic) bond motifs is 1. The highest BCUT2D eigenvalue weighted by atomic mass is 16.5. The van der Waals surface area contributed by atoms with Crippen molar-refractivity contribution >= 4 is 16.9 Å². The van der Waals surface area contributed by atoms with E-state index in [4.69, 9.17) is 0 Å². The van der Waals surface area contributed by atoms with Gasteiger partial charge in [-0.1, -0.05) is 18.2 Å². The van der Waals surface area contributed by atoms with Crippen LogP contribution in [-0.2, 0) is 16.1 Å². The molecule has 0 aliphatic carbocycles. The Morgan fingerprint density at radius 1 is 1.47 bits per heavy atom. The van der Waals surface area contributed by atoms with Crippen molar-refractivity contribution in [2.75, 3.05) is 7.11 Å². The second kappa shape index (κ2) is 4.13. The minimum absolute atomic E-state index is 0.213. The highest BCUT2D eigenvalue weighted by Gasteiger charge is 2.04. The Labute approximate surface area is 87.5 Å². The number of carbonyl (C=O) groups excluding carboxylic acids is 1. The number of para-hydroxylation sites is 1. The first-order valence-electron chi connectivity index (χ1n) is 4.78. The Hall–Kier alpha value is -1.84. The second-order valence-electron chi connectivity index (χ2n) is 3.25. The minimum Gasteiger partial charge on any atom is -0.469 e. The molecule has 1 aromatic heterocycles. The molecule has 0 amide bonds. The molecule has 0 saturated carbocycles. The predicted molar refractivity (Wildman–Crippen MR) is 56.4 cm³/mol. The van der Waals surface area contributed by atoms with E-state index in [0.29, 0.717) is 13.0 Å². The van der Waals surface area contributed by atoms with Crippen LogP contribution in [0.4, 0.5) is 0 Å². The fourth-order valence-corrected chi connectivity index (χ4v) is 1.50. The van der Waals surface area contributed by atoms with Gasteiger partial charge in [-0.15, -0.1) is 0 Å². The van der Waals surface area contributed by atoms with E-state index in [0.717, 1.165) is 10.9 Å². The zero-order valence-corrected chi connectivity index (χ0v) is 8.51. The molecule has 2 rings (SSSR count). The molecule has 1 heterocycles. The third-order valence-electron chi connectivity index (χ3n) is 2.31. The Bertz CT molecular complexity index is 476. The summed E-state index contributed by atoms with van der Waals surface area (Å²) in [5.74, 6) is -0.213. The number of rotatable bonds is 3. The van der Waals surface area contributed by atoms with E-state index in [1.165, 1.54) is 7.11 Å². The monoisotopic (exact) mass is 204 g/mol. The SMILES string of the molecule is COC(=O)CCn1ncc2ccccc21. The number of hydrogen-bond acceptors (Lipinski definition) is 3. The lowest BCUT2D eigenvalue weighted by atomic mass is 10.2. The quantitative estimate of drug-likeness (QED) is 0.713. The zero-order chi connectivity index (χ0) is 10.7. The van der Waals surface area contributed by atoms with Gasteiger partial charge in [0.25, 0.3) is 0 Å². The Kier molecular flexibility index (Phi) is 2.67. The lowest BCUT2D eigenvalue weighted by Gasteiger charge is -2.01. The number of hydrogen-bond donors (Lipinski definition) is 0. The number of carbonyl (C=O) groups is 1. The lowest BCUT2D eigenvalue weighted by molar-refractivity contribution is -0.140. The van der Waals surface area contributed by atoms with Crippen LogP contribution in [0.15, 0.2) is 30.5 Å². The zero-order valence-electron chi connectivity index (χ0n) is 8.51. The Morgan fingerprint density at radius 2 is 2.27 bits per heavy atom. The molecule has 0 atom stereocenters. The molecule has 78 valence electrons. The van der Waals surface area contributed by atoms with E-state index in [2.05, 4.69) is 9.84 Å². The third kappa shape index (κ3) is 1.98. The number of aromatic nitrogens is 2. The first kappa shape index (κ1) is 9.71. The number of methoxy groups -OCH3 is 1. The highest BCUT2D eigenvalue weighted by molar-refractivity contribution is 5.78. The van der Waals surface area contributed by atoms with Gasteiger partial charge in [0.2, 0.25) is 0 Å². The largest absolute Gasteiger partial charge is 0.469 e. The number of benzene rings is 1. The standard InChI is InChI=1S/C11H12N2O2/c1-15-11(14)6-7-13-10-5-3-2-4-9(10)8-12-13/h2-5,8H,6-7H2,1H3. The smallest absolute Gasteiger partial charge is 0.307 e. The van der Waals surface area contributed by atoms with Gasteiger partial charge in [0.1, 0.15) is 0 Å². The van der Waals surface area contributed by atoms with Gasteiger partial charge in [0.05, 0.1) is 31.8 Å². The van der Waals surface area contributed by atoms with Gasteiger partial charge in [-0.25, -0.2) is 0 Å². The fraction of sp³-hybridized carbons (Fsp3) is 0.273. The van der Waals surface area contributed by atoms with Gasteiger partial charge >= 0.3 is 5.97 Å². The van der Waals surface area contributed by atoms with Crippen LogP contribution in [0, 0.1) is 0 Å². The maximum absolute atomic E-state index is 11.0. The topological polar surface area (TPSA) is 44.1 Å². The van der Waals surface area contributed by atoms with Crippen LogP contribution in [-0.4, -0.2) is 22.9 Å². The van der Waals surface area contributed by atoms with Crippen molar-refractivity contribution in [2.45, 2.75) is 13.0 Å². The molecule has 0 bridgehead atoms. The molecule has 4 heteroatoms. The molecule has 4 nitrogen and oxygen atoms in total. The summed E-state index contributed by atoms with van der Waals surface area (Å²) < 4.78 is 6.39. The Balaban J connectivity index is 2.18. The van der Waals surface area contributed by atoms with Crippen molar-refractivity contribution in [3.8, 4) is 0 Å². The number of ether oxygens (including phenoxy) is 1. The second-order valence-corrected chi connectivity index (χ2v) is 3.25. The molecule has 1 aromatic carbocycles. The van der Waals surface area contributed by atoms with Crippen LogP contribution >= 0.6 is 0 Å². The Morgan fingerprint density at radius 3 is 3.07 bits per heavy atom. The van der Waals surface area contributed by atoms with Gasteiger partial charge in [0, 0.05) is 5.39 Å². The maximum atomic E-state index is 11.0. The summed E-state index contributed by atoms with van der Waals surface area (Å²) in [5.41, 5.74) is 1.04. The first-order valence-corrected chi connectivity index (χ1v) is 4.78. The van der Waals surface area contributed by atoms with Crippen LogP contribution < -0.4 is 0 Å². The lowest BCUT2D eigenvalue weighted by Crippen LogP contribution is -2.07. The molecule has 0 radical (unpaired) electrons. The van der Waals surface area contributed by atoms with Crippen LogP contribution in [0.3, 0.4) is 0 Å². The van der Waals surface area contributed by atoms with Crippen LogP contribution in [0.1, 0.15) is 6.42 Å². The number of esters is 1. The minimum atomic E-state index is -0.213. The molecule has 0 spiro atoms. The molecular formula is C11H12N2O2. The van der Waals surface area contributed by atoms with Crippen molar-refractivity contribution < 1.29 is 9.53 Å². The summed E-state index contributed by atoms with van der Waals surface area (Å²) in [6, 6.07) is 7.91. The number of nitrogens with zero attached hydrogens (tertiary/aromatic N) is 2. The van der Waals surface area contributed by atoms with Crippen molar-refractivity contribution in [2.24, 2.45) is 0 Å². The van der Waals surface area contributed by atoms with E-state index < -0.39 is 0 Å². The summed E-state index contributed by atoms with van der Waals surface area (Å²) in [6.07, 6.45) is 2.15. The van der Waals surface area contributed by atoms with Crippen molar-refractivity contribution in [1.82, 2.24) is 9.78 Å². The van der Waals surface area contributed by atoms with Gasteiger partial charge in [0.15, 0.2) is 0 Å². The maximum Gasteiger partial charge on any atom is 0.307 e. The van der Waals surface area contributed by atoms with Crippen molar-refractivity contribution in [1.29, 1.82) is 0 Å². The predicted octanol–water partition coefficient (Wildman–Crippen LogP) is 1.60. The average Bonchev–Trinajstić information content (AvgIpc) is 2.69. The summed E-state index contributed by atoms with van der Waals surface area (Å²) in [6.45, 7) is 0.556. The van der Waals surface area contributed by atoms with Crippen molar-refractivity contribution in [3.05, 3.63) is 30.5 Å². The molecule has 0 saturated heterocycles. The van der Waals surface area contributed by atoms with E-state index in [-0.39, 0.29) is 5.97 Å². The normalized spacial score (nSPS) is 10.5. The molecule has 0 aliphatic heterocycles. The molecule has 0 fully saturated rings. The summed E-state index contributed by atoms with van der Waals surface area (Å²) in [7, 11) is 1.39. The molecule has 0 N–H and O–H groups in total. The molecule has 0 aliphatic rings. The molecular weight excluding hydrogens is 192 g/mol. The van der Waals surface area contributed by atoms with E-state index in [1.807, 2.05) is 28.9 Å². The summed E-state index contributed by atoms with van der Waals surface area (Å²) >= 11 is 0. The molecule has 15 heavy (non-hydrogen) atoms. The molecule has 0 unspecified atom stereocenters. The number of aryl methyl sites for hydroxylation is 1. The van der Waals surface area contributed by atoms with Gasteiger partial charge < -0.3 is 4.74 Å². The third-order valence-corrected chi connectivity index (χ3v) is 2.31. The summed E-state index contributed by atoms with van der Waals surface area (Å²) in [4.78, 5) is 11.0. The van der Waals surface area contributed by atoms with Crippen LogP contribution in [0.25, 0.3) is 10.9 Å². The van der Waals surface area contributed by atoms with E-state index in [9.17, 15) is 4.79 Å². The van der Waals surface area contributed by atoms with Crippen LogP contribution in [0.2, 0.25) is 0 Å². The first-order chi connectivity index (χ1) is 7.31.